The van der Waals surface area contributed by atoms with E-state index in [1.807, 2.05) is 42.5 Å². The zero-order chi connectivity index (χ0) is 19.2. The van der Waals surface area contributed by atoms with E-state index in [9.17, 15) is 19.6 Å². The van der Waals surface area contributed by atoms with Crippen molar-refractivity contribution in [3.63, 3.8) is 0 Å². The molecule has 2 aromatic rings. The van der Waals surface area contributed by atoms with Crippen molar-refractivity contribution in [2.24, 2.45) is 0 Å². The zero-order valence-corrected chi connectivity index (χ0v) is 14.7. The molecule has 0 unspecified atom stereocenters. The summed E-state index contributed by atoms with van der Waals surface area (Å²) in [6.45, 7) is 0.182. The van der Waals surface area contributed by atoms with Gasteiger partial charge in [0.25, 0.3) is 0 Å². The first kappa shape index (κ1) is 18.3. The van der Waals surface area contributed by atoms with Crippen LogP contribution in [-0.4, -0.2) is 29.2 Å². The average Bonchev–Trinajstić information content (AvgIpc) is 3.02. The molecule has 1 aliphatic rings. The minimum absolute atomic E-state index is 0.00882. The lowest BCUT2D eigenvalue weighted by Crippen LogP contribution is -2.31. The van der Waals surface area contributed by atoms with Crippen LogP contribution in [0.1, 0.15) is 30.4 Å². The summed E-state index contributed by atoms with van der Waals surface area (Å²) >= 11 is 0. The number of nitriles is 1. The Bertz CT molecular complexity index is 897. The molecule has 6 heteroatoms. The van der Waals surface area contributed by atoms with E-state index < -0.39 is 5.97 Å². The molecule has 1 aliphatic heterocycles. The van der Waals surface area contributed by atoms with Crippen LogP contribution in [0.5, 0.6) is 0 Å². The van der Waals surface area contributed by atoms with Gasteiger partial charge in [0.2, 0.25) is 11.8 Å². The van der Waals surface area contributed by atoms with Gasteiger partial charge in [-0.3, -0.25) is 19.3 Å². The van der Waals surface area contributed by atoms with Gasteiger partial charge in [-0.25, -0.2) is 0 Å². The molecule has 1 fully saturated rings. The fraction of sp³-hybridized carbons (Fsp3) is 0.238. The van der Waals surface area contributed by atoms with E-state index in [1.54, 1.807) is 6.07 Å². The lowest BCUT2D eigenvalue weighted by Gasteiger charge is -2.13. The van der Waals surface area contributed by atoms with Gasteiger partial charge >= 0.3 is 5.97 Å². The van der Waals surface area contributed by atoms with E-state index in [2.05, 4.69) is 6.07 Å². The highest BCUT2D eigenvalue weighted by Gasteiger charge is 2.28. The maximum Gasteiger partial charge on any atom is 0.307 e. The molecule has 1 saturated heterocycles. The van der Waals surface area contributed by atoms with E-state index in [1.165, 1.54) is 0 Å². The smallest absolute Gasteiger partial charge is 0.307 e. The van der Waals surface area contributed by atoms with Crippen molar-refractivity contribution in [3.8, 4) is 17.2 Å². The molecule has 0 atom stereocenters. The molecule has 0 saturated carbocycles. The first-order chi connectivity index (χ1) is 13.1. The number of rotatable bonds is 6. The number of esters is 1. The first-order valence-electron chi connectivity index (χ1n) is 8.66. The van der Waals surface area contributed by atoms with Gasteiger partial charge in [0, 0.05) is 19.4 Å². The van der Waals surface area contributed by atoms with Crippen molar-refractivity contribution in [3.05, 3.63) is 59.7 Å². The van der Waals surface area contributed by atoms with Gasteiger partial charge in [-0.15, -0.1) is 0 Å². The number of imide groups is 1. The standard InChI is InChI=1S/C21H18N2O4/c22-13-17-3-1-2-4-18(17)16-7-5-15(6-8-16)14-27-21(26)11-12-23-19(24)9-10-20(23)25/h1-8H,9-12,14H2. The fourth-order valence-corrected chi connectivity index (χ4v) is 2.92. The SMILES string of the molecule is N#Cc1ccccc1-c1ccc(COC(=O)CCN2C(=O)CCC2=O)cc1. The monoisotopic (exact) mass is 362 g/mol. The minimum atomic E-state index is -0.457. The second kappa shape index (κ2) is 8.28. The average molecular weight is 362 g/mol. The van der Waals surface area contributed by atoms with E-state index in [-0.39, 0.29) is 44.2 Å². The molecule has 0 N–H and O–H groups in total. The third kappa shape index (κ3) is 4.39. The summed E-state index contributed by atoms with van der Waals surface area (Å²) < 4.78 is 5.21. The van der Waals surface area contributed by atoms with Crippen LogP contribution in [-0.2, 0) is 25.7 Å². The van der Waals surface area contributed by atoms with E-state index in [0.29, 0.717) is 5.56 Å². The summed E-state index contributed by atoms with van der Waals surface area (Å²) in [5, 5.41) is 9.19. The maximum absolute atomic E-state index is 11.9. The second-order valence-electron chi connectivity index (χ2n) is 6.20. The Balaban J connectivity index is 1.53. The second-order valence-corrected chi connectivity index (χ2v) is 6.20. The van der Waals surface area contributed by atoms with Crippen molar-refractivity contribution >= 4 is 17.8 Å². The van der Waals surface area contributed by atoms with Crippen LogP contribution in [0, 0.1) is 11.3 Å². The highest BCUT2D eigenvalue weighted by molar-refractivity contribution is 6.02. The van der Waals surface area contributed by atoms with Crippen LogP contribution in [0.3, 0.4) is 0 Å². The van der Waals surface area contributed by atoms with E-state index in [0.717, 1.165) is 21.6 Å². The summed E-state index contributed by atoms with van der Waals surface area (Å²) in [6, 6.07) is 16.9. The van der Waals surface area contributed by atoms with Crippen LogP contribution in [0.15, 0.2) is 48.5 Å². The Morgan fingerprint density at radius 3 is 2.37 bits per heavy atom. The summed E-state index contributed by atoms with van der Waals surface area (Å²) in [6.07, 6.45) is 0.426. The quantitative estimate of drug-likeness (QED) is 0.582. The number of likely N-dealkylation sites (tertiary alicyclic amines) is 1. The van der Waals surface area contributed by atoms with Gasteiger partial charge in [-0.05, 0) is 22.8 Å². The summed E-state index contributed by atoms with van der Waals surface area (Å²) in [5.74, 6) is -0.927. The maximum atomic E-state index is 11.9. The summed E-state index contributed by atoms with van der Waals surface area (Å²) in [7, 11) is 0. The van der Waals surface area contributed by atoms with Gasteiger partial charge in [0.15, 0.2) is 0 Å². The predicted molar refractivity (Wildman–Crippen MR) is 97.0 cm³/mol. The van der Waals surface area contributed by atoms with Gasteiger partial charge in [0.05, 0.1) is 18.1 Å². The third-order valence-corrected chi connectivity index (χ3v) is 4.41. The number of hydrogen-bond acceptors (Lipinski definition) is 5. The molecule has 2 aromatic carbocycles. The summed E-state index contributed by atoms with van der Waals surface area (Å²) in [4.78, 5) is 36.0. The molecule has 2 amide bonds. The van der Waals surface area contributed by atoms with Gasteiger partial charge < -0.3 is 4.74 Å². The third-order valence-electron chi connectivity index (χ3n) is 4.41. The molecule has 136 valence electrons. The van der Waals surface area contributed by atoms with Gasteiger partial charge in [-0.2, -0.15) is 5.26 Å². The largest absolute Gasteiger partial charge is 0.461 e. The molecule has 0 spiro atoms. The van der Waals surface area contributed by atoms with Crippen molar-refractivity contribution in [2.75, 3.05) is 6.54 Å². The number of carbonyl (C=O) groups is 3. The normalized spacial score (nSPS) is 13.5. The summed E-state index contributed by atoms with van der Waals surface area (Å²) in [5.41, 5.74) is 3.18. The minimum Gasteiger partial charge on any atom is -0.461 e. The molecule has 3 rings (SSSR count). The Hall–Kier alpha value is -3.46. The first-order valence-corrected chi connectivity index (χ1v) is 8.66. The van der Waals surface area contributed by atoms with Crippen LogP contribution in [0.25, 0.3) is 11.1 Å². The Labute approximate surface area is 157 Å². The highest BCUT2D eigenvalue weighted by Crippen LogP contribution is 2.23. The molecule has 1 heterocycles. The van der Waals surface area contributed by atoms with Crippen molar-refractivity contribution in [1.29, 1.82) is 5.26 Å². The number of benzene rings is 2. The number of carbonyl (C=O) groups excluding carboxylic acids is 3. The number of nitrogens with zero attached hydrogens (tertiary/aromatic N) is 2. The molecule has 27 heavy (non-hydrogen) atoms. The Morgan fingerprint density at radius 2 is 1.70 bits per heavy atom. The zero-order valence-electron chi connectivity index (χ0n) is 14.7. The van der Waals surface area contributed by atoms with E-state index >= 15 is 0 Å². The topological polar surface area (TPSA) is 87.5 Å². The molecule has 0 aliphatic carbocycles. The molecule has 0 aromatic heterocycles. The highest BCUT2D eigenvalue weighted by atomic mass is 16.5. The van der Waals surface area contributed by atoms with Gasteiger partial charge in [-0.1, -0.05) is 42.5 Å². The lowest BCUT2D eigenvalue weighted by molar-refractivity contribution is -0.146. The molecule has 0 bridgehead atoms. The number of amides is 2. The van der Waals surface area contributed by atoms with Crippen LogP contribution >= 0.6 is 0 Å². The lowest BCUT2D eigenvalue weighted by atomic mass is 9.99. The molecule has 0 radical (unpaired) electrons. The number of hydrogen-bond donors (Lipinski definition) is 0. The van der Waals surface area contributed by atoms with Crippen molar-refractivity contribution in [2.45, 2.75) is 25.9 Å². The predicted octanol–water partition coefficient (Wildman–Crippen LogP) is 2.81. The number of ether oxygens (including phenoxy) is 1. The van der Waals surface area contributed by atoms with Crippen molar-refractivity contribution in [1.82, 2.24) is 4.90 Å². The molecule has 6 nitrogen and oxygen atoms in total. The van der Waals surface area contributed by atoms with E-state index in [4.69, 9.17) is 4.74 Å². The molecular weight excluding hydrogens is 344 g/mol. The van der Waals surface area contributed by atoms with Gasteiger partial charge in [0.1, 0.15) is 6.61 Å². The Kier molecular flexibility index (Phi) is 5.62. The fourth-order valence-electron chi connectivity index (χ4n) is 2.92. The van der Waals surface area contributed by atoms with Crippen molar-refractivity contribution < 1.29 is 19.1 Å². The van der Waals surface area contributed by atoms with Crippen LogP contribution < -0.4 is 0 Å². The Morgan fingerprint density at radius 1 is 1.04 bits per heavy atom. The molecular formula is C21H18N2O4. The van der Waals surface area contributed by atoms with Crippen LogP contribution in [0.4, 0.5) is 0 Å². The van der Waals surface area contributed by atoms with Crippen LogP contribution in [0.2, 0.25) is 0 Å².